The molecular weight excluding hydrogens is 228 g/mol. The second kappa shape index (κ2) is 5.96. The fourth-order valence-electron chi connectivity index (χ4n) is 2.42. The van der Waals surface area contributed by atoms with Crippen molar-refractivity contribution in [2.24, 2.45) is 5.92 Å². The van der Waals surface area contributed by atoms with Crippen molar-refractivity contribution in [3.8, 4) is 5.75 Å². The first kappa shape index (κ1) is 13.0. The molecule has 1 aromatic rings. The number of ether oxygens (including phenoxy) is 2. The lowest BCUT2D eigenvalue weighted by molar-refractivity contribution is 0.0576. The summed E-state index contributed by atoms with van der Waals surface area (Å²) in [6, 6.07) is 5.76. The normalized spacial score (nSPS) is 19.6. The monoisotopic (exact) mass is 250 g/mol. The van der Waals surface area contributed by atoms with E-state index in [1.165, 1.54) is 6.42 Å². The van der Waals surface area contributed by atoms with Gasteiger partial charge in [-0.05, 0) is 30.9 Å². The molecule has 18 heavy (non-hydrogen) atoms. The summed E-state index contributed by atoms with van der Waals surface area (Å²) in [7, 11) is 3.74. The van der Waals surface area contributed by atoms with Gasteiger partial charge in [0, 0.05) is 26.3 Å². The van der Waals surface area contributed by atoms with Crippen LogP contribution >= 0.6 is 0 Å². The van der Waals surface area contributed by atoms with Crippen molar-refractivity contribution in [1.29, 1.82) is 0 Å². The lowest BCUT2D eigenvalue weighted by atomic mass is 10.0. The van der Waals surface area contributed by atoms with Gasteiger partial charge in [-0.2, -0.15) is 0 Å². The van der Waals surface area contributed by atoms with Crippen LogP contribution in [0.1, 0.15) is 12.8 Å². The molecule has 2 rings (SSSR count). The standard InChI is InChI=1S/C14H22N2O2/c1-16(9-11-4-3-7-18-10-11)14-8-12(17-2)5-6-13(14)15/h5-6,8,11H,3-4,7,9-10,15H2,1-2H3. The highest BCUT2D eigenvalue weighted by Crippen LogP contribution is 2.28. The molecule has 0 radical (unpaired) electrons. The van der Waals surface area contributed by atoms with Crippen LogP contribution in [-0.2, 0) is 4.74 Å². The zero-order valence-electron chi connectivity index (χ0n) is 11.2. The minimum Gasteiger partial charge on any atom is -0.497 e. The van der Waals surface area contributed by atoms with Crippen LogP contribution in [-0.4, -0.2) is 33.9 Å². The number of hydrogen-bond donors (Lipinski definition) is 1. The van der Waals surface area contributed by atoms with Gasteiger partial charge in [0.15, 0.2) is 0 Å². The van der Waals surface area contributed by atoms with Crippen molar-refractivity contribution < 1.29 is 9.47 Å². The Morgan fingerprint density at radius 1 is 1.50 bits per heavy atom. The fraction of sp³-hybridized carbons (Fsp3) is 0.571. The van der Waals surface area contributed by atoms with Crippen molar-refractivity contribution in [1.82, 2.24) is 0 Å². The van der Waals surface area contributed by atoms with Gasteiger partial charge < -0.3 is 20.1 Å². The minimum absolute atomic E-state index is 0.592. The number of anilines is 2. The second-order valence-corrected chi connectivity index (χ2v) is 4.89. The predicted molar refractivity (Wildman–Crippen MR) is 74.2 cm³/mol. The number of nitrogen functional groups attached to an aromatic ring is 1. The Morgan fingerprint density at radius 2 is 2.33 bits per heavy atom. The molecule has 2 N–H and O–H groups in total. The fourth-order valence-corrected chi connectivity index (χ4v) is 2.42. The van der Waals surface area contributed by atoms with Gasteiger partial charge >= 0.3 is 0 Å². The summed E-state index contributed by atoms with van der Waals surface area (Å²) in [5, 5.41) is 0. The van der Waals surface area contributed by atoms with Crippen molar-refractivity contribution >= 4 is 11.4 Å². The van der Waals surface area contributed by atoms with Gasteiger partial charge in [0.25, 0.3) is 0 Å². The summed E-state index contributed by atoms with van der Waals surface area (Å²) < 4.78 is 10.8. The Kier molecular flexibility index (Phi) is 4.31. The molecule has 0 bridgehead atoms. The van der Waals surface area contributed by atoms with Gasteiger partial charge in [-0.1, -0.05) is 0 Å². The largest absolute Gasteiger partial charge is 0.497 e. The number of benzene rings is 1. The lowest BCUT2D eigenvalue weighted by Crippen LogP contribution is -2.31. The van der Waals surface area contributed by atoms with Crippen molar-refractivity contribution in [3.63, 3.8) is 0 Å². The van der Waals surface area contributed by atoms with Crippen LogP contribution in [0.25, 0.3) is 0 Å². The number of nitrogens with two attached hydrogens (primary N) is 1. The smallest absolute Gasteiger partial charge is 0.121 e. The number of rotatable bonds is 4. The van der Waals surface area contributed by atoms with Gasteiger partial charge in [-0.15, -0.1) is 0 Å². The summed E-state index contributed by atoms with van der Waals surface area (Å²) in [5.41, 5.74) is 7.84. The second-order valence-electron chi connectivity index (χ2n) is 4.89. The molecule has 0 spiro atoms. The number of methoxy groups -OCH3 is 1. The summed E-state index contributed by atoms with van der Waals surface area (Å²) in [6.45, 7) is 2.73. The maximum atomic E-state index is 6.02. The van der Waals surface area contributed by atoms with Crippen LogP contribution in [0.3, 0.4) is 0 Å². The quantitative estimate of drug-likeness (QED) is 0.832. The van der Waals surface area contributed by atoms with Gasteiger partial charge in [0.05, 0.1) is 25.1 Å². The van der Waals surface area contributed by atoms with E-state index >= 15 is 0 Å². The van der Waals surface area contributed by atoms with Crippen LogP contribution in [0.2, 0.25) is 0 Å². The summed E-state index contributed by atoms with van der Waals surface area (Å²) in [5.74, 6) is 1.43. The molecule has 1 unspecified atom stereocenters. The van der Waals surface area contributed by atoms with E-state index in [1.807, 2.05) is 18.2 Å². The molecule has 1 aliphatic rings. The summed E-state index contributed by atoms with van der Waals surface area (Å²) in [4.78, 5) is 2.19. The average Bonchev–Trinajstić information content (AvgIpc) is 2.40. The lowest BCUT2D eigenvalue weighted by Gasteiger charge is -2.29. The first-order valence-electron chi connectivity index (χ1n) is 6.43. The minimum atomic E-state index is 0.592. The molecule has 4 heteroatoms. The van der Waals surface area contributed by atoms with E-state index in [2.05, 4.69) is 11.9 Å². The molecule has 100 valence electrons. The molecule has 4 nitrogen and oxygen atoms in total. The summed E-state index contributed by atoms with van der Waals surface area (Å²) >= 11 is 0. The topological polar surface area (TPSA) is 47.7 Å². The first-order valence-corrected chi connectivity index (χ1v) is 6.43. The Bertz CT molecular complexity index is 389. The van der Waals surface area contributed by atoms with Gasteiger partial charge in [0.1, 0.15) is 5.75 Å². The van der Waals surface area contributed by atoms with Crippen molar-refractivity contribution in [2.45, 2.75) is 12.8 Å². The third kappa shape index (κ3) is 3.07. The Hall–Kier alpha value is -1.42. The molecule has 0 aromatic heterocycles. The molecule has 1 fully saturated rings. The summed E-state index contributed by atoms with van der Waals surface area (Å²) in [6.07, 6.45) is 2.39. The van der Waals surface area contributed by atoms with Gasteiger partial charge in [-0.25, -0.2) is 0 Å². The molecule has 0 amide bonds. The molecule has 0 aliphatic carbocycles. The maximum absolute atomic E-state index is 6.02. The van der Waals surface area contributed by atoms with E-state index < -0.39 is 0 Å². The maximum Gasteiger partial charge on any atom is 0.121 e. The van der Waals surface area contributed by atoms with Crippen LogP contribution in [0.4, 0.5) is 11.4 Å². The predicted octanol–water partition coefficient (Wildman–Crippen LogP) is 2.14. The highest BCUT2D eigenvalue weighted by Gasteiger charge is 2.17. The van der Waals surface area contributed by atoms with Crippen LogP contribution in [0.15, 0.2) is 18.2 Å². The molecule has 1 aromatic carbocycles. The molecule has 1 heterocycles. The first-order chi connectivity index (χ1) is 8.70. The molecule has 1 aliphatic heterocycles. The van der Waals surface area contributed by atoms with Crippen molar-refractivity contribution in [3.05, 3.63) is 18.2 Å². The van der Waals surface area contributed by atoms with Gasteiger partial charge in [-0.3, -0.25) is 0 Å². The zero-order valence-corrected chi connectivity index (χ0v) is 11.2. The van der Waals surface area contributed by atoms with Crippen molar-refractivity contribution in [2.75, 3.05) is 44.5 Å². The van der Waals surface area contributed by atoms with E-state index in [1.54, 1.807) is 7.11 Å². The molecule has 1 saturated heterocycles. The Balaban J connectivity index is 2.04. The molecular formula is C14H22N2O2. The molecule has 1 atom stereocenters. The molecule has 0 saturated carbocycles. The Labute approximate surface area is 109 Å². The van der Waals surface area contributed by atoms with E-state index in [9.17, 15) is 0 Å². The van der Waals surface area contributed by atoms with Crippen LogP contribution in [0, 0.1) is 5.92 Å². The van der Waals surface area contributed by atoms with Gasteiger partial charge in [0.2, 0.25) is 0 Å². The third-order valence-electron chi connectivity index (χ3n) is 3.44. The Morgan fingerprint density at radius 3 is 3.00 bits per heavy atom. The number of hydrogen-bond acceptors (Lipinski definition) is 4. The number of nitrogens with zero attached hydrogens (tertiary/aromatic N) is 1. The average molecular weight is 250 g/mol. The third-order valence-corrected chi connectivity index (χ3v) is 3.44. The van der Waals surface area contributed by atoms with Crippen LogP contribution < -0.4 is 15.4 Å². The highest BCUT2D eigenvalue weighted by molar-refractivity contribution is 5.69. The van der Waals surface area contributed by atoms with E-state index in [-0.39, 0.29) is 0 Å². The van der Waals surface area contributed by atoms with E-state index in [0.717, 1.165) is 43.3 Å². The van der Waals surface area contributed by atoms with E-state index in [4.69, 9.17) is 15.2 Å². The SMILES string of the molecule is COc1ccc(N)c(N(C)CC2CCCOC2)c1. The zero-order chi connectivity index (χ0) is 13.0. The van der Waals surface area contributed by atoms with Crippen LogP contribution in [0.5, 0.6) is 5.75 Å². The highest BCUT2D eigenvalue weighted by atomic mass is 16.5. The van der Waals surface area contributed by atoms with E-state index in [0.29, 0.717) is 5.92 Å².